The molecule has 9 heteroatoms. The lowest BCUT2D eigenvalue weighted by Gasteiger charge is -2.58. The van der Waals surface area contributed by atoms with E-state index in [0.717, 1.165) is 25.7 Å². The summed E-state index contributed by atoms with van der Waals surface area (Å²) in [4.78, 5) is 11.6. The summed E-state index contributed by atoms with van der Waals surface area (Å²) in [6.07, 6.45) is 2.93. The molecule has 0 radical (unpaired) electrons. The molecule has 4 bridgehead atoms. The van der Waals surface area contributed by atoms with Crippen LogP contribution < -0.4 is 0 Å². The average Bonchev–Trinajstić information content (AvgIpc) is 2.33. The van der Waals surface area contributed by atoms with Gasteiger partial charge in [-0.2, -0.15) is 8.42 Å². The van der Waals surface area contributed by atoms with Gasteiger partial charge in [0.25, 0.3) is 0 Å². The standard InChI is InChI=1S/C13H18F2O6S/c1-12(20-11(16)21-13(14,15)22(17,18)19)9-3-7-2-8(5-9)6-10(12)4-7/h7-10H,2-6H2,1H3,(H,17,18,19). The Morgan fingerprint density at radius 2 is 1.59 bits per heavy atom. The molecule has 4 rings (SSSR count). The third-order valence-corrected chi connectivity index (χ3v) is 6.25. The van der Waals surface area contributed by atoms with E-state index in [1.165, 1.54) is 6.42 Å². The molecule has 126 valence electrons. The maximum atomic E-state index is 13.1. The van der Waals surface area contributed by atoms with Gasteiger partial charge >= 0.3 is 21.7 Å². The van der Waals surface area contributed by atoms with Gasteiger partial charge in [-0.3, -0.25) is 4.55 Å². The highest BCUT2D eigenvalue weighted by molar-refractivity contribution is 7.86. The van der Waals surface area contributed by atoms with Crippen molar-refractivity contribution in [2.75, 3.05) is 0 Å². The van der Waals surface area contributed by atoms with E-state index < -0.39 is 27.3 Å². The second kappa shape index (κ2) is 4.77. The molecule has 4 fully saturated rings. The van der Waals surface area contributed by atoms with Gasteiger partial charge in [-0.1, -0.05) is 0 Å². The largest absolute Gasteiger partial charge is 0.538 e. The van der Waals surface area contributed by atoms with Crippen molar-refractivity contribution in [3.05, 3.63) is 0 Å². The maximum Gasteiger partial charge on any atom is 0.538 e. The Morgan fingerprint density at radius 1 is 1.14 bits per heavy atom. The van der Waals surface area contributed by atoms with Crippen LogP contribution in [0.2, 0.25) is 0 Å². The molecule has 4 saturated carbocycles. The molecule has 0 unspecified atom stereocenters. The molecule has 0 spiro atoms. The molecule has 0 heterocycles. The van der Waals surface area contributed by atoms with E-state index in [1.54, 1.807) is 6.92 Å². The second-order valence-electron chi connectivity index (χ2n) is 6.88. The minimum absolute atomic E-state index is 0.0793. The van der Waals surface area contributed by atoms with Crippen molar-refractivity contribution < 1.29 is 36.0 Å². The quantitative estimate of drug-likeness (QED) is 0.628. The van der Waals surface area contributed by atoms with Crippen LogP contribution in [-0.2, 0) is 19.6 Å². The van der Waals surface area contributed by atoms with Gasteiger partial charge in [-0.15, -0.1) is 8.78 Å². The minimum atomic E-state index is -5.83. The lowest BCUT2D eigenvalue weighted by atomic mass is 9.50. The normalized spacial score (nSPS) is 40.5. The summed E-state index contributed by atoms with van der Waals surface area (Å²) in [5.41, 5.74) is -5.92. The van der Waals surface area contributed by atoms with Gasteiger partial charge in [0.2, 0.25) is 0 Å². The molecule has 0 saturated heterocycles. The molecule has 4 aliphatic carbocycles. The first kappa shape index (κ1) is 15.9. The van der Waals surface area contributed by atoms with Gasteiger partial charge in [0, 0.05) is 0 Å². The number of carbonyl (C=O) groups excluding carboxylic acids is 1. The SMILES string of the molecule is CC1(OC(=O)OC(F)(F)S(=O)(=O)O)C2CC3CC(C2)CC1C3. The summed E-state index contributed by atoms with van der Waals surface area (Å²) in [5, 5.41) is 0. The van der Waals surface area contributed by atoms with Gasteiger partial charge in [0.05, 0.1) is 0 Å². The number of alkyl halides is 2. The monoisotopic (exact) mass is 340 g/mol. The fraction of sp³-hybridized carbons (Fsp3) is 0.923. The van der Waals surface area contributed by atoms with E-state index in [4.69, 9.17) is 9.29 Å². The van der Waals surface area contributed by atoms with Crippen molar-refractivity contribution in [1.82, 2.24) is 0 Å². The topological polar surface area (TPSA) is 89.9 Å². The number of halogens is 2. The molecule has 4 aliphatic rings. The van der Waals surface area contributed by atoms with Gasteiger partial charge < -0.3 is 9.47 Å². The molecule has 22 heavy (non-hydrogen) atoms. The average molecular weight is 340 g/mol. The first-order chi connectivity index (χ1) is 10.0. The third-order valence-electron chi connectivity index (χ3n) is 5.57. The first-order valence-electron chi connectivity index (χ1n) is 7.28. The lowest BCUT2D eigenvalue weighted by Crippen LogP contribution is -2.58. The Bertz CT molecular complexity index is 559. The number of rotatable bonds is 3. The molecule has 0 aliphatic heterocycles. The molecule has 0 aromatic heterocycles. The Morgan fingerprint density at radius 3 is 2.00 bits per heavy atom. The second-order valence-corrected chi connectivity index (χ2v) is 8.31. The predicted molar refractivity (Wildman–Crippen MR) is 69.5 cm³/mol. The number of ether oxygens (including phenoxy) is 2. The lowest BCUT2D eigenvalue weighted by molar-refractivity contribution is -0.204. The summed E-state index contributed by atoms with van der Waals surface area (Å²) < 4.78 is 64.1. The highest BCUT2D eigenvalue weighted by Gasteiger charge is 2.58. The molecular formula is C13H18F2O6S. The van der Waals surface area contributed by atoms with Crippen LogP contribution in [-0.4, -0.2) is 30.2 Å². The fourth-order valence-electron chi connectivity index (χ4n) is 4.64. The van der Waals surface area contributed by atoms with Crippen molar-refractivity contribution >= 4 is 16.3 Å². The zero-order chi connectivity index (χ0) is 16.3. The molecule has 1 N–H and O–H groups in total. The molecule has 0 aromatic carbocycles. The summed E-state index contributed by atoms with van der Waals surface area (Å²) >= 11 is 0. The first-order valence-corrected chi connectivity index (χ1v) is 8.72. The van der Waals surface area contributed by atoms with Gasteiger partial charge in [-0.25, -0.2) is 4.79 Å². The van der Waals surface area contributed by atoms with Crippen LogP contribution in [0.5, 0.6) is 0 Å². The van der Waals surface area contributed by atoms with E-state index >= 15 is 0 Å². The number of carbonyl (C=O) groups is 1. The Labute approximate surface area is 126 Å². The van der Waals surface area contributed by atoms with Crippen LogP contribution in [0.25, 0.3) is 0 Å². The summed E-state index contributed by atoms with van der Waals surface area (Å²) in [6.45, 7) is 1.70. The number of hydrogen-bond donors (Lipinski definition) is 1. The fourth-order valence-corrected chi connectivity index (χ4v) is 4.81. The Balaban J connectivity index is 1.71. The molecule has 6 nitrogen and oxygen atoms in total. The van der Waals surface area contributed by atoms with Crippen LogP contribution in [0.15, 0.2) is 0 Å². The van der Waals surface area contributed by atoms with Crippen molar-refractivity contribution in [2.45, 2.75) is 50.1 Å². The molecule has 0 aromatic rings. The smallest absolute Gasteiger partial charge is 0.427 e. The van der Waals surface area contributed by atoms with E-state index in [2.05, 4.69) is 4.74 Å². The minimum Gasteiger partial charge on any atom is -0.427 e. The summed E-state index contributed by atoms with van der Waals surface area (Å²) in [6, 6.07) is 0. The zero-order valence-electron chi connectivity index (χ0n) is 12.0. The van der Waals surface area contributed by atoms with Crippen LogP contribution in [0, 0.1) is 23.7 Å². The Kier molecular flexibility index (Phi) is 3.45. The van der Waals surface area contributed by atoms with Crippen molar-refractivity contribution in [1.29, 1.82) is 0 Å². The van der Waals surface area contributed by atoms with Gasteiger partial charge in [-0.05, 0) is 62.7 Å². The molecule has 0 amide bonds. The van der Waals surface area contributed by atoms with E-state index in [9.17, 15) is 22.0 Å². The molecule has 0 atom stereocenters. The van der Waals surface area contributed by atoms with Crippen LogP contribution in [0.4, 0.5) is 13.6 Å². The predicted octanol–water partition coefficient (Wildman–Crippen LogP) is 2.79. The number of hydrogen-bond acceptors (Lipinski definition) is 5. The van der Waals surface area contributed by atoms with E-state index in [0.29, 0.717) is 11.8 Å². The van der Waals surface area contributed by atoms with Crippen LogP contribution in [0.3, 0.4) is 0 Å². The van der Waals surface area contributed by atoms with Crippen molar-refractivity contribution in [3.8, 4) is 0 Å². The molecular weight excluding hydrogens is 322 g/mol. The highest BCUT2D eigenvalue weighted by Crippen LogP contribution is 2.59. The third kappa shape index (κ3) is 2.47. The summed E-state index contributed by atoms with van der Waals surface area (Å²) in [7, 11) is -5.83. The van der Waals surface area contributed by atoms with Gasteiger partial charge in [0.15, 0.2) is 0 Å². The van der Waals surface area contributed by atoms with E-state index in [-0.39, 0.29) is 11.8 Å². The highest BCUT2D eigenvalue weighted by atomic mass is 32.2. The van der Waals surface area contributed by atoms with Crippen molar-refractivity contribution in [3.63, 3.8) is 0 Å². The zero-order valence-corrected chi connectivity index (χ0v) is 12.8. The van der Waals surface area contributed by atoms with Gasteiger partial charge in [0.1, 0.15) is 5.60 Å². The Hall–Kier alpha value is -0.960. The summed E-state index contributed by atoms with van der Waals surface area (Å²) in [5.74, 6) is 1.34. The van der Waals surface area contributed by atoms with Crippen LogP contribution in [0.1, 0.15) is 39.0 Å². The van der Waals surface area contributed by atoms with Crippen molar-refractivity contribution in [2.24, 2.45) is 23.7 Å². The van der Waals surface area contributed by atoms with Crippen LogP contribution >= 0.6 is 0 Å². The van der Waals surface area contributed by atoms with E-state index in [1.807, 2.05) is 0 Å². The maximum absolute atomic E-state index is 13.1.